The topological polar surface area (TPSA) is 72.3 Å². The Morgan fingerprint density at radius 3 is 2.58 bits per heavy atom. The van der Waals surface area contributed by atoms with Gasteiger partial charge in [-0.25, -0.2) is 19.2 Å². The van der Waals surface area contributed by atoms with E-state index in [0.29, 0.717) is 30.4 Å². The van der Waals surface area contributed by atoms with Crippen molar-refractivity contribution < 1.29 is 13.9 Å². The van der Waals surface area contributed by atoms with Gasteiger partial charge in [-0.15, -0.1) is 0 Å². The summed E-state index contributed by atoms with van der Waals surface area (Å²) in [6.07, 6.45) is 5.39. The smallest absolute Gasteiger partial charge is 0.323 e. The van der Waals surface area contributed by atoms with Crippen LogP contribution in [0.1, 0.15) is 12.5 Å². The van der Waals surface area contributed by atoms with Crippen molar-refractivity contribution in [1.82, 2.24) is 19.4 Å². The number of nitrogens with one attached hydrogen (secondary N) is 1. The van der Waals surface area contributed by atoms with Gasteiger partial charge in [-0.2, -0.15) is 0 Å². The summed E-state index contributed by atoms with van der Waals surface area (Å²) in [6.45, 7) is 2.98. The Morgan fingerprint density at radius 1 is 1.00 bits per heavy atom. The van der Waals surface area contributed by atoms with Crippen molar-refractivity contribution in [2.45, 2.75) is 13.5 Å². The Morgan fingerprint density at radius 2 is 1.81 bits per heavy atom. The average Bonchev–Trinajstić information content (AvgIpc) is 3.33. The van der Waals surface area contributed by atoms with Crippen LogP contribution >= 0.6 is 0 Å². The molecule has 2 aromatic carbocycles. The number of nitrogens with zero attached hydrogens (tertiary/aromatic N) is 4. The molecule has 0 saturated heterocycles. The number of pyridine rings is 2. The number of carbonyl (C=O) groups excluding carboxylic acids is 1. The molecule has 1 aliphatic rings. The minimum atomic E-state index is -0.267. The molecule has 6 rings (SSSR count). The monoisotopic (exact) mass is 479 g/mol. The maximum absolute atomic E-state index is 13.3. The summed E-state index contributed by atoms with van der Waals surface area (Å²) in [7, 11) is 0. The van der Waals surface area contributed by atoms with Crippen LogP contribution in [0.15, 0.2) is 85.3 Å². The van der Waals surface area contributed by atoms with E-state index in [9.17, 15) is 9.18 Å². The van der Waals surface area contributed by atoms with E-state index in [-0.39, 0.29) is 11.8 Å². The summed E-state index contributed by atoms with van der Waals surface area (Å²) < 4.78 is 21.4. The van der Waals surface area contributed by atoms with Gasteiger partial charge in [0, 0.05) is 41.8 Å². The Balaban J connectivity index is 1.24. The van der Waals surface area contributed by atoms with E-state index >= 15 is 0 Å². The van der Waals surface area contributed by atoms with Crippen LogP contribution in [0.4, 0.5) is 15.0 Å². The van der Waals surface area contributed by atoms with Crippen molar-refractivity contribution in [2.75, 3.05) is 11.9 Å². The number of fused-ring (bicyclic) bond motifs is 2. The number of carbonyl (C=O) groups is 1. The molecule has 0 unspecified atom stereocenters. The number of halogens is 1. The highest BCUT2D eigenvalue weighted by molar-refractivity contribution is 5.91. The standard InChI is InChI=1S/C28H22FN5O2/c1-2-33-17-24-25(11-13-30-26(24)32-28(33)35)36-23-9-3-18(4-10-23)20-15-19-12-14-34(27(19)31-16-20)22-7-5-21(29)6-8-22/h3-16H,2,17H2,1H3,(H,30,32,35). The number of benzene rings is 2. The van der Waals surface area contributed by atoms with Crippen molar-refractivity contribution in [2.24, 2.45) is 0 Å². The van der Waals surface area contributed by atoms with Crippen molar-refractivity contribution in [3.05, 3.63) is 96.7 Å². The van der Waals surface area contributed by atoms with Crippen LogP contribution in [0, 0.1) is 5.82 Å². The predicted octanol–water partition coefficient (Wildman–Crippen LogP) is 6.39. The van der Waals surface area contributed by atoms with Gasteiger partial charge in [0.15, 0.2) is 0 Å². The lowest BCUT2D eigenvalue weighted by Gasteiger charge is -2.28. The number of amides is 2. The van der Waals surface area contributed by atoms with Crippen molar-refractivity contribution in [3.63, 3.8) is 0 Å². The van der Waals surface area contributed by atoms with Crippen molar-refractivity contribution >= 4 is 22.9 Å². The van der Waals surface area contributed by atoms with Gasteiger partial charge in [-0.1, -0.05) is 12.1 Å². The molecule has 0 atom stereocenters. The fourth-order valence-electron chi connectivity index (χ4n) is 4.36. The van der Waals surface area contributed by atoms with Crippen LogP contribution in [-0.2, 0) is 6.54 Å². The number of hydrogen-bond donors (Lipinski definition) is 1. The molecule has 0 bridgehead atoms. The zero-order chi connectivity index (χ0) is 24.6. The lowest BCUT2D eigenvalue weighted by molar-refractivity contribution is 0.209. The second-order valence-corrected chi connectivity index (χ2v) is 8.51. The van der Waals surface area contributed by atoms with Gasteiger partial charge < -0.3 is 14.2 Å². The zero-order valence-electron chi connectivity index (χ0n) is 19.5. The Hall–Kier alpha value is -4.72. The van der Waals surface area contributed by atoms with Gasteiger partial charge in [0.2, 0.25) is 0 Å². The second-order valence-electron chi connectivity index (χ2n) is 8.51. The van der Waals surface area contributed by atoms with E-state index < -0.39 is 0 Å². The number of hydrogen-bond acceptors (Lipinski definition) is 4. The van der Waals surface area contributed by atoms with Gasteiger partial charge in [0.25, 0.3) is 0 Å². The van der Waals surface area contributed by atoms with E-state index in [2.05, 4.69) is 21.4 Å². The van der Waals surface area contributed by atoms with E-state index in [4.69, 9.17) is 4.74 Å². The average molecular weight is 480 g/mol. The quantitative estimate of drug-likeness (QED) is 0.317. The zero-order valence-corrected chi connectivity index (χ0v) is 19.5. The highest BCUT2D eigenvalue weighted by Crippen LogP contribution is 2.34. The maximum atomic E-state index is 13.3. The van der Waals surface area contributed by atoms with E-state index in [0.717, 1.165) is 33.4 Å². The van der Waals surface area contributed by atoms with Crippen LogP contribution in [0.2, 0.25) is 0 Å². The Bertz CT molecular complexity index is 1580. The molecule has 178 valence electrons. The Kier molecular flexibility index (Phi) is 5.33. The van der Waals surface area contributed by atoms with Gasteiger partial charge in [0.1, 0.15) is 28.8 Å². The van der Waals surface area contributed by atoms with E-state index in [1.807, 2.05) is 60.3 Å². The van der Waals surface area contributed by atoms with Crippen LogP contribution < -0.4 is 10.1 Å². The number of anilines is 1. The van der Waals surface area contributed by atoms with Crippen LogP contribution in [0.3, 0.4) is 0 Å². The fourth-order valence-corrected chi connectivity index (χ4v) is 4.36. The molecule has 0 aliphatic carbocycles. The minimum absolute atomic E-state index is 0.155. The molecular formula is C28H22FN5O2. The number of rotatable bonds is 5. The molecule has 3 aromatic heterocycles. The predicted molar refractivity (Wildman–Crippen MR) is 136 cm³/mol. The highest BCUT2D eigenvalue weighted by Gasteiger charge is 2.25. The Labute approximate surface area is 206 Å². The molecule has 1 N–H and O–H groups in total. The third-order valence-electron chi connectivity index (χ3n) is 6.30. The van der Waals surface area contributed by atoms with Gasteiger partial charge in [-0.05, 0) is 67.1 Å². The third kappa shape index (κ3) is 3.92. The van der Waals surface area contributed by atoms with Crippen LogP contribution in [0.25, 0.3) is 27.8 Å². The molecular weight excluding hydrogens is 457 g/mol. The van der Waals surface area contributed by atoms with Crippen LogP contribution in [-0.4, -0.2) is 32.0 Å². The molecule has 8 heteroatoms. The molecule has 7 nitrogen and oxygen atoms in total. The molecule has 2 amide bonds. The number of aromatic nitrogens is 3. The number of urea groups is 1. The lowest BCUT2D eigenvalue weighted by Crippen LogP contribution is -2.38. The summed E-state index contributed by atoms with van der Waals surface area (Å²) in [5.74, 6) is 1.61. The summed E-state index contributed by atoms with van der Waals surface area (Å²) in [6, 6.07) is 19.9. The van der Waals surface area contributed by atoms with Crippen LogP contribution in [0.5, 0.6) is 11.5 Å². The van der Waals surface area contributed by atoms with E-state index in [1.54, 1.807) is 23.2 Å². The molecule has 1 aliphatic heterocycles. The van der Waals surface area contributed by atoms with Gasteiger partial charge in [-0.3, -0.25) is 5.32 Å². The normalized spacial score (nSPS) is 12.9. The fraction of sp³-hybridized carbons (Fsp3) is 0.107. The van der Waals surface area contributed by atoms with Gasteiger partial charge >= 0.3 is 6.03 Å². The first-order valence-corrected chi connectivity index (χ1v) is 11.6. The molecule has 0 fully saturated rings. The molecule has 5 aromatic rings. The molecule has 36 heavy (non-hydrogen) atoms. The molecule has 0 spiro atoms. The summed E-state index contributed by atoms with van der Waals surface area (Å²) in [4.78, 5) is 22.8. The summed E-state index contributed by atoms with van der Waals surface area (Å²) in [5.41, 5.74) is 4.50. The SMILES string of the molecule is CCN1Cc2c(Oc3ccc(-c4cnc5c(ccn5-c5ccc(F)cc5)c4)cc3)ccnc2NC1=O. The van der Waals surface area contributed by atoms with E-state index in [1.165, 1.54) is 12.1 Å². The third-order valence-corrected chi connectivity index (χ3v) is 6.30. The largest absolute Gasteiger partial charge is 0.457 e. The highest BCUT2D eigenvalue weighted by atomic mass is 19.1. The molecule has 4 heterocycles. The first-order chi connectivity index (χ1) is 17.6. The maximum Gasteiger partial charge on any atom is 0.323 e. The molecule has 0 radical (unpaired) electrons. The van der Waals surface area contributed by atoms with Crippen molar-refractivity contribution in [3.8, 4) is 28.3 Å². The van der Waals surface area contributed by atoms with Crippen molar-refractivity contribution in [1.29, 1.82) is 0 Å². The second kappa shape index (κ2) is 8.81. The first kappa shape index (κ1) is 21.8. The summed E-state index contributed by atoms with van der Waals surface area (Å²) >= 11 is 0. The number of ether oxygens (including phenoxy) is 1. The minimum Gasteiger partial charge on any atom is -0.457 e. The summed E-state index contributed by atoms with van der Waals surface area (Å²) in [5, 5.41) is 3.81. The molecule has 0 saturated carbocycles. The first-order valence-electron chi connectivity index (χ1n) is 11.6. The van der Waals surface area contributed by atoms with Gasteiger partial charge in [0.05, 0.1) is 12.1 Å². The lowest BCUT2D eigenvalue weighted by atomic mass is 10.1.